The molecule has 15 atom stereocenters. The number of thioether (sulfide) groups is 1. The van der Waals surface area contributed by atoms with Gasteiger partial charge in [0.15, 0.2) is 0 Å². The number of hydrogen-bond acceptors (Lipinski definition) is 23. The van der Waals surface area contributed by atoms with Crippen molar-refractivity contribution >= 4 is 140 Å². The number of phenols is 1. The van der Waals surface area contributed by atoms with Gasteiger partial charge < -0.3 is 126 Å². The van der Waals surface area contributed by atoms with E-state index in [1.165, 1.54) is 59.3 Å². The summed E-state index contributed by atoms with van der Waals surface area (Å²) in [6, 6.07) is -2.82. The number of rotatable bonds is 22. The molecule has 3 aliphatic rings. The van der Waals surface area contributed by atoms with Gasteiger partial charge in [-0.15, -0.1) is 11.8 Å². The van der Waals surface area contributed by atoms with Gasteiger partial charge in [-0.1, -0.05) is 88.1 Å². The molecular weight excluding hydrogens is 1670 g/mol. The number of unbranched alkanes of at least 4 members (excludes halogenated alkanes) is 2. The van der Waals surface area contributed by atoms with Gasteiger partial charge in [-0.3, -0.25) is 86.3 Å². The molecule has 43 heteroatoms. The number of amides is 18. The number of H-pyrrole nitrogens is 2. The molecule has 127 heavy (non-hydrogen) atoms. The van der Waals surface area contributed by atoms with Gasteiger partial charge >= 0.3 is 0 Å². The number of benzene rings is 3. The van der Waals surface area contributed by atoms with Gasteiger partial charge in [-0.2, -0.15) is 0 Å². The molecule has 0 unspecified atom stereocenters. The number of phenolic OH excluding ortho intramolecular Hbond substituents is 1. The Bertz CT molecular complexity index is 4840. The van der Waals surface area contributed by atoms with Crippen LogP contribution in [0.1, 0.15) is 121 Å². The van der Waals surface area contributed by atoms with Crippen molar-refractivity contribution in [2.24, 2.45) is 22.9 Å². The number of fused-ring (bicyclic) bond motifs is 4. The first-order chi connectivity index (χ1) is 60.4. The maximum atomic E-state index is 15.6. The van der Waals surface area contributed by atoms with Crippen LogP contribution < -0.4 is 76.1 Å². The molecule has 8 rings (SSSR count). The van der Waals surface area contributed by atoms with Gasteiger partial charge in [0, 0.05) is 113 Å². The Labute approximate surface area is 736 Å². The van der Waals surface area contributed by atoms with E-state index >= 15 is 28.8 Å². The van der Waals surface area contributed by atoms with E-state index in [2.05, 4.69) is 63.1 Å². The summed E-state index contributed by atoms with van der Waals surface area (Å²) in [4.78, 5) is 269. The van der Waals surface area contributed by atoms with Crippen molar-refractivity contribution in [1.82, 2.24) is 87.6 Å². The molecule has 42 nitrogen and oxygen atoms in total. The number of carbonyl (C=O) groups excluding carboxylic acids is 18. The average Bonchev–Trinajstić information content (AvgIpc) is 1.68. The number of aromatic hydroxyl groups is 1. The Morgan fingerprint density at radius 1 is 0.520 bits per heavy atom. The third-order valence-electron chi connectivity index (χ3n) is 22.7. The summed E-state index contributed by atoms with van der Waals surface area (Å²) < 4.78 is 0. The first-order valence-electron chi connectivity index (χ1n) is 42.1. The minimum Gasteiger partial charge on any atom is -0.508 e. The molecular formula is C84H117N21O21S. The van der Waals surface area contributed by atoms with Crippen LogP contribution in [0.2, 0.25) is 0 Å². The molecule has 0 bridgehead atoms. The van der Waals surface area contributed by atoms with Gasteiger partial charge in [-0.25, -0.2) is 0 Å². The number of nitrogens with two attached hydrogens (primary N) is 4. The lowest BCUT2D eigenvalue weighted by Gasteiger charge is -2.36. The van der Waals surface area contributed by atoms with Crippen LogP contribution in [0.15, 0.2) is 85.2 Å². The summed E-state index contributed by atoms with van der Waals surface area (Å²) in [5.41, 5.74) is 25.3. The molecule has 3 aliphatic heterocycles. The van der Waals surface area contributed by atoms with Crippen molar-refractivity contribution in [1.29, 1.82) is 0 Å². The summed E-state index contributed by atoms with van der Waals surface area (Å²) in [5.74, 6) is -18.7. The smallest absolute Gasteiger partial charge is 0.246 e. The maximum absolute atomic E-state index is 15.6. The second-order valence-electron chi connectivity index (χ2n) is 32.0. The number of carbonyl (C=O) groups is 18. The number of nitrogens with zero attached hydrogens (tertiary/aromatic N) is 5. The van der Waals surface area contributed by atoms with Crippen LogP contribution in [0.5, 0.6) is 5.75 Å². The fourth-order valence-electron chi connectivity index (χ4n) is 15.4. The molecule has 3 saturated heterocycles. The summed E-state index contributed by atoms with van der Waals surface area (Å²) in [6.07, 6.45) is 0.256. The predicted octanol–water partition coefficient (Wildman–Crippen LogP) is -4.96. The van der Waals surface area contributed by atoms with Crippen molar-refractivity contribution in [3.8, 4) is 5.75 Å². The Hall–Kier alpha value is -12.8. The van der Waals surface area contributed by atoms with E-state index in [9.17, 15) is 72.9 Å². The Morgan fingerprint density at radius 3 is 1.65 bits per heavy atom. The third-order valence-corrected chi connectivity index (χ3v) is 23.7. The molecule has 690 valence electrons. The third kappa shape index (κ3) is 27.1. The van der Waals surface area contributed by atoms with Crippen LogP contribution in [0.3, 0.4) is 0 Å². The van der Waals surface area contributed by atoms with Gasteiger partial charge in [-0.05, 0) is 86.9 Å². The highest BCUT2D eigenvalue weighted by molar-refractivity contribution is 8.00. The second kappa shape index (κ2) is 47.0. The largest absolute Gasteiger partial charge is 0.508 e. The number of aliphatic hydroxyl groups is 2. The van der Waals surface area contributed by atoms with Crippen molar-refractivity contribution in [2.45, 2.75) is 215 Å². The standard InChI is InChI=1S/C84H117N21O21S/c1-8-10-21-63-77(119)92-44(3)71(113)100-62(73(115)91-39-69(88)111)42-127-43-70(112)93-57(31-46-24-26-49(107)27-25-46)80(122)101(5)45(4)72(114)96-59(35-68(87)110)83(125)104-30-16-23-64(104)78(120)98-60(36-85)75(117)94-55(28-29-67(86)109)82(124)105-40-50(108)34-66(105)79(121)95-56(32-47-37-89-53-19-14-12-17-51(47)53)74(116)99-61(41-106)76(118)97-58(33-48-38-90-54-20-15-13-18-52(48)54)81(123)103(7)65(22-11-9-2)84(126)102(63)6/h12-15,17-20,24-27,37-38,44-45,50,55-66,89-90,106-108H,8-11,16,21-23,28-36,39-43,85H2,1-7H3,(H2,86,109)(H2,87,110)(H2,88,111)(H,91,115)(H,92,119)(H,93,112)(H,94,117)(H,95,121)(H,96,114)(H,97,118)(H,98,120)(H,99,116)(H,100,113)/t44-,45-,50+,55-,56-,57-,58-,59-,60-,61-,62-,63-,64-,65-,66-/m0/s1. The van der Waals surface area contributed by atoms with E-state index < -0.39 is 260 Å². The lowest BCUT2D eigenvalue weighted by Crippen LogP contribution is -2.62. The van der Waals surface area contributed by atoms with Crippen molar-refractivity contribution in [3.63, 3.8) is 0 Å². The number of aliphatic hydroxyl groups excluding tert-OH is 2. The molecule has 3 fully saturated rings. The Balaban J connectivity index is 1.16. The van der Waals surface area contributed by atoms with Crippen molar-refractivity contribution in [2.75, 3.05) is 65.4 Å². The second-order valence-corrected chi connectivity index (χ2v) is 33.0. The monoisotopic (exact) mass is 1790 g/mol. The highest BCUT2D eigenvalue weighted by Crippen LogP contribution is 2.27. The average molecular weight is 1790 g/mol. The summed E-state index contributed by atoms with van der Waals surface area (Å²) in [7, 11) is 3.87. The van der Waals surface area contributed by atoms with Gasteiger partial charge in [0.1, 0.15) is 90.3 Å². The number of aromatic amines is 2. The highest BCUT2D eigenvalue weighted by Gasteiger charge is 2.46. The zero-order valence-corrected chi connectivity index (χ0v) is 72.8. The molecule has 0 aliphatic carbocycles. The first kappa shape index (κ1) is 99.7. The minimum atomic E-state index is -1.91. The van der Waals surface area contributed by atoms with Crippen LogP contribution in [0.25, 0.3) is 21.8 Å². The van der Waals surface area contributed by atoms with E-state index in [4.69, 9.17) is 22.9 Å². The molecule has 23 N–H and O–H groups in total. The zero-order valence-electron chi connectivity index (χ0n) is 71.9. The maximum Gasteiger partial charge on any atom is 0.246 e. The Kier molecular flexibility index (Phi) is 36.9. The van der Waals surface area contributed by atoms with E-state index in [1.807, 2.05) is 13.8 Å². The fourth-order valence-corrected chi connectivity index (χ4v) is 16.2. The summed E-state index contributed by atoms with van der Waals surface area (Å²) in [6.45, 7) is 3.00. The molecule has 0 spiro atoms. The molecule has 5 heterocycles. The Morgan fingerprint density at radius 2 is 1.05 bits per heavy atom. The number of primary amides is 3. The van der Waals surface area contributed by atoms with Gasteiger partial charge in [0.25, 0.3) is 0 Å². The summed E-state index contributed by atoms with van der Waals surface area (Å²) in [5, 5.41) is 59.2. The molecule has 0 radical (unpaired) electrons. The van der Waals surface area contributed by atoms with Crippen molar-refractivity contribution in [3.05, 3.63) is 102 Å². The van der Waals surface area contributed by atoms with E-state index in [0.29, 0.717) is 64.2 Å². The van der Waals surface area contributed by atoms with E-state index in [-0.39, 0.29) is 57.2 Å². The number of likely N-dealkylation sites (N-methyl/N-ethyl adjacent to an activating group) is 3. The topological polar surface area (TPSA) is 640 Å². The van der Waals surface area contributed by atoms with Crippen LogP contribution in [-0.4, -0.2) is 312 Å². The summed E-state index contributed by atoms with van der Waals surface area (Å²) >= 11 is 0.769. The lowest BCUT2D eigenvalue weighted by atomic mass is 10.00. The van der Waals surface area contributed by atoms with Crippen LogP contribution in [0, 0.1) is 0 Å². The SMILES string of the molecule is CCCC[C@H]1C(=O)N(C)[C@@H](CCCC)C(=O)N[C@@H](C)C(=O)N[C@H](C(=O)NCC(N)=O)CSCC(=O)N[C@@H](Cc2ccc(O)cc2)C(=O)N(C)[C@@H](C)C(=O)N[C@@H](CC(N)=O)C(=O)N2CCC[C@H]2C(=O)N[C@@H](CN)C(=O)N[C@@H](CCC(N)=O)C(=O)N2C[C@H](O)C[C@H]2C(=O)N[C@@H](Cc2c[nH]c3ccccc23)C(=O)N[C@@H](CO)C(=O)N[C@@H](Cc2c[nH]c3ccccc23)C(=O)N1C. The van der Waals surface area contributed by atoms with Crippen LogP contribution in [-0.2, 0) is 106 Å². The molecule has 5 aromatic rings. The van der Waals surface area contributed by atoms with Crippen LogP contribution in [0.4, 0.5) is 0 Å². The highest BCUT2D eigenvalue weighted by atomic mass is 32.2. The molecule has 0 saturated carbocycles. The first-order valence-corrected chi connectivity index (χ1v) is 43.2. The molecule has 3 aromatic carbocycles. The molecule has 18 amide bonds. The number of nitrogens with one attached hydrogen (secondary N) is 12. The number of hydrogen-bond donors (Lipinski definition) is 19. The normalized spacial score (nSPS) is 25.6. The fraction of sp³-hybridized carbons (Fsp3) is 0.524. The minimum absolute atomic E-state index is 0.00419. The predicted molar refractivity (Wildman–Crippen MR) is 462 cm³/mol. The molecule has 2 aromatic heterocycles. The number of para-hydroxylation sites is 2. The van der Waals surface area contributed by atoms with E-state index in [0.717, 1.165) is 36.3 Å². The van der Waals surface area contributed by atoms with Crippen LogP contribution >= 0.6 is 11.8 Å². The zero-order chi connectivity index (χ0) is 93.2. The lowest BCUT2D eigenvalue weighted by molar-refractivity contribution is -0.149. The van der Waals surface area contributed by atoms with E-state index in [1.54, 1.807) is 60.9 Å². The quantitative estimate of drug-likeness (QED) is 0.0309. The van der Waals surface area contributed by atoms with Gasteiger partial charge in [0.05, 0.1) is 31.4 Å². The number of aromatic nitrogens is 2. The van der Waals surface area contributed by atoms with Gasteiger partial charge in [0.2, 0.25) is 106 Å². The van der Waals surface area contributed by atoms with Crippen molar-refractivity contribution < 1.29 is 102 Å².